The number of nitrogens with zero attached hydrogens (tertiary/aromatic N) is 4. The topological polar surface area (TPSA) is 70.8 Å². The van der Waals surface area contributed by atoms with Crippen LogP contribution in [-0.4, -0.2) is 33.3 Å². The van der Waals surface area contributed by atoms with Crippen molar-refractivity contribution in [1.82, 2.24) is 20.2 Å². The van der Waals surface area contributed by atoms with Crippen molar-refractivity contribution in [2.45, 2.75) is 50.9 Å². The van der Waals surface area contributed by atoms with Gasteiger partial charge >= 0.3 is 6.01 Å². The van der Waals surface area contributed by atoms with Gasteiger partial charge in [-0.15, -0.1) is 5.10 Å². The number of para-hydroxylation sites is 1. The molecule has 6 heteroatoms. The van der Waals surface area contributed by atoms with E-state index in [0.717, 1.165) is 48.7 Å². The summed E-state index contributed by atoms with van der Waals surface area (Å²) >= 11 is 0. The molecule has 25 heavy (non-hydrogen) atoms. The van der Waals surface area contributed by atoms with Crippen molar-refractivity contribution in [3.63, 3.8) is 0 Å². The third-order valence-electron chi connectivity index (χ3n) is 5.70. The van der Waals surface area contributed by atoms with Gasteiger partial charge in [0.05, 0.1) is 11.0 Å². The molecule has 0 unspecified atom stereocenters. The average Bonchev–Trinajstić information content (AvgIpc) is 3.21. The second-order valence-corrected chi connectivity index (χ2v) is 7.43. The first-order chi connectivity index (χ1) is 12.3. The minimum atomic E-state index is 0.375. The Kier molecular flexibility index (Phi) is 3.50. The van der Waals surface area contributed by atoms with Crippen molar-refractivity contribution in [3.05, 3.63) is 35.5 Å². The summed E-state index contributed by atoms with van der Waals surface area (Å²) in [4.78, 5) is 10.6. The van der Waals surface area contributed by atoms with E-state index in [1.54, 1.807) is 0 Å². The van der Waals surface area contributed by atoms with Gasteiger partial charge in [0.2, 0.25) is 5.89 Å². The molecular formula is C19H23N5O. The lowest BCUT2D eigenvalue weighted by atomic mass is 9.85. The zero-order valence-corrected chi connectivity index (χ0v) is 14.5. The summed E-state index contributed by atoms with van der Waals surface area (Å²) in [6.07, 6.45) is 5.89. The number of aryl methyl sites for hydroxylation is 1. The molecule has 6 nitrogen and oxygen atoms in total. The van der Waals surface area contributed by atoms with E-state index in [2.05, 4.69) is 45.2 Å². The molecule has 1 aliphatic heterocycles. The maximum absolute atomic E-state index is 5.96. The molecule has 1 saturated heterocycles. The fourth-order valence-electron chi connectivity index (χ4n) is 3.94. The zero-order chi connectivity index (χ0) is 16.8. The van der Waals surface area contributed by atoms with Gasteiger partial charge in [-0.2, -0.15) is 0 Å². The summed E-state index contributed by atoms with van der Waals surface area (Å²) in [6, 6.07) is 6.97. The number of anilines is 1. The molecule has 2 aliphatic rings. The van der Waals surface area contributed by atoms with Crippen LogP contribution < -0.4 is 4.90 Å². The standard InChI is InChI=1S/C19H23N5O/c1-12-5-2-9-15-16(12)21-17(20-15)14-8-4-10-24(11-14)19-23-22-18(25-19)13-6-3-7-13/h2,5,9,13-14H,3-4,6-8,10-11H2,1H3,(H,20,21)/t14-/m1/s1. The number of nitrogens with one attached hydrogen (secondary N) is 1. The molecule has 3 heterocycles. The third-order valence-corrected chi connectivity index (χ3v) is 5.70. The van der Waals surface area contributed by atoms with Crippen molar-refractivity contribution in [2.75, 3.05) is 18.0 Å². The number of aromatic amines is 1. The van der Waals surface area contributed by atoms with Gasteiger partial charge in [0.15, 0.2) is 0 Å². The Balaban J connectivity index is 1.37. The summed E-state index contributed by atoms with van der Waals surface area (Å²) < 4.78 is 5.96. The van der Waals surface area contributed by atoms with E-state index in [1.807, 2.05) is 0 Å². The molecule has 1 saturated carbocycles. The lowest BCUT2D eigenvalue weighted by Crippen LogP contribution is -2.35. The molecule has 1 aromatic carbocycles. The summed E-state index contributed by atoms with van der Waals surface area (Å²) in [5.74, 6) is 2.76. The van der Waals surface area contributed by atoms with Gasteiger partial charge in [-0.05, 0) is 44.2 Å². The number of rotatable bonds is 3. The van der Waals surface area contributed by atoms with Crippen LogP contribution in [0.2, 0.25) is 0 Å². The molecule has 0 spiro atoms. The second kappa shape index (κ2) is 5.86. The van der Waals surface area contributed by atoms with Gasteiger partial charge in [0.25, 0.3) is 0 Å². The molecule has 130 valence electrons. The van der Waals surface area contributed by atoms with Crippen LogP contribution in [0.3, 0.4) is 0 Å². The number of aromatic nitrogens is 4. The first-order valence-electron chi connectivity index (χ1n) is 9.31. The van der Waals surface area contributed by atoms with Crippen molar-refractivity contribution >= 4 is 17.0 Å². The molecule has 0 radical (unpaired) electrons. The molecule has 5 rings (SSSR count). The van der Waals surface area contributed by atoms with Crippen LogP contribution in [0.5, 0.6) is 0 Å². The minimum absolute atomic E-state index is 0.375. The van der Waals surface area contributed by atoms with Gasteiger partial charge in [0.1, 0.15) is 5.82 Å². The highest BCUT2D eigenvalue weighted by Crippen LogP contribution is 2.37. The molecule has 3 aromatic rings. The largest absolute Gasteiger partial charge is 0.408 e. The van der Waals surface area contributed by atoms with E-state index >= 15 is 0 Å². The Morgan fingerprint density at radius 2 is 2.00 bits per heavy atom. The predicted octanol–water partition coefficient (Wildman–Crippen LogP) is 3.91. The second-order valence-electron chi connectivity index (χ2n) is 7.43. The fourth-order valence-corrected chi connectivity index (χ4v) is 3.94. The molecular weight excluding hydrogens is 314 g/mol. The van der Waals surface area contributed by atoms with Crippen molar-refractivity contribution in [3.8, 4) is 0 Å². The van der Waals surface area contributed by atoms with E-state index in [1.165, 1.54) is 24.8 Å². The number of imidazole rings is 1. The lowest BCUT2D eigenvalue weighted by Gasteiger charge is -2.30. The van der Waals surface area contributed by atoms with Crippen LogP contribution in [0.1, 0.15) is 61.2 Å². The highest BCUT2D eigenvalue weighted by Gasteiger charge is 2.29. The Morgan fingerprint density at radius 1 is 1.12 bits per heavy atom. The van der Waals surface area contributed by atoms with Crippen LogP contribution in [0.25, 0.3) is 11.0 Å². The Labute approximate surface area is 146 Å². The molecule has 1 aliphatic carbocycles. The van der Waals surface area contributed by atoms with Crippen LogP contribution in [0, 0.1) is 6.92 Å². The van der Waals surface area contributed by atoms with E-state index in [4.69, 9.17) is 9.40 Å². The van der Waals surface area contributed by atoms with E-state index in [9.17, 15) is 0 Å². The highest BCUT2D eigenvalue weighted by atomic mass is 16.4. The number of hydrogen-bond donors (Lipinski definition) is 1. The van der Waals surface area contributed by atoms with E-state index in [-0.39, 0.29) is 0 Å². The van der Waals surface area contributed by atoms with Crippen molar-refractivity contribution in [1.29, 1.82) is 0 Å². The monoisotopic (exact) mass is 337 g/mol. The first kappa shape index (κ1) is 14.9. The van der Waals surface area contributed by atoms with Crippen LogP contribution in [0.15, 0.2) is 22.6 Å². The summed E-state index contributed by atoms with van der Waals surface area (Å²) in [6.45, 7) is 3.97. The number of benzene rings is 1. The van der Waals surface area contributed by atoms with Gasteiger partial charge in [-0.3, -0.25) is 0 Å². The lowest BCUT2D eigenvalue weighted by molar-refractivity contribution is 0.332. The average molecular weight is 337 g/mol. The van der Waals surface area contributed by atoms with E-state index < -0.39 is 0 Å². The van der Waals surface area contributed by atoms with Crippen molar-refractivity contribution in [2.24, 2.45) is 0 Å². The Hall–Kier alpha value is -2.37. The summed E-state index contributed by atoms with van der Waals surface area (Å²) in [7, 11) is 0. The number of fused-ring (bicyclic) bond motifs is 1. The molecule has 1 atom stereocenters. The molecule has 0 amide bonds. The maximum Gasteiger partial charge on any atom is 0.318 e. The third kappa shape index (κ3) is 2.60. The normalized spacial score (nSPS) is 21.6. The maximum atomic E-state index is 5.96. The number of piperidine rings is 1. The Morgan fingerprint density at radius 3 is 2.80 bits per heavy atom. The first-order valence-corrected chi connectivity index (χ1v) is 9.31. The quantitative estimate of drug-likeness (QED) is 0.785. The number of H-pyrrole nitrogens is 1. The van der Waals surface area contributed by atoms with Gasteiger partial charge < -0.3 is 14.3 Å². The minimum Gasteiger partial charge on any atom is -0.408 e. The molecule has 2 aromatic heterocycles. The Bertz CT molecular complexity index is 894. The smallest absolute Gasteiger partial charge is 0.318 e. The number of hydrogen-bond acceptors (Lipinski definition) is 5. The van der Waals surface area contributed by atoms with Gasteiger partial charge in [-0.25, -0.2) is 4.98 Å². The van der Waals surface area contributed by atoms with Gasteiger partial charge in [0, 0.05) is 24.9 Å². The molecule has 0 bridgehead atoms. The van der Waals surface area contributed by atoms with Crippen molar-refractivity contribution < 1.29 is 4.42 Å². The van der Waals surface area contributed by atoms with Crippen LogP contribution in [0.4, 0.5) is 6.01 Å². The van der Waals surface area contributed by atoms with Gasteiger partial charge in [-0.1, -0.05) is 23.7 Å². The predicted molar refractivity (Wildman–Crippen MR) is 95.9 cm³/mol. The summed E-state index contributed by atoms with van der Waals surface area (Å²) in [5, 5.41) is 8.58. The van der Waals surface area contributed by atoms with Crippen LogP contribution >= 0.6 is 0 Å². The molecule has 1 N–H and O–H groups in total. The fraction of sp³-hybridized carbons (Fsp3) is 0.526. The van der Waals surface area contributed by atoms with Crippen LogP contribution in [-0.2, 0) is 0 Å². The SMILES string of the molecule is Cc1cccc2[nH]c([C@@H]3CCCN(c4nnc(C5CCC5)o4)C3)nc12. The zero-order valence-electron chi connectivity index (χ0n) is 14.5. The summed E-state index contributed by atoms with van der Waals surface area (Å²) in [5.41, 5.74) is 3.42. The highest BCUT2D eigenvalue weighted by molar-refractivity contribution is 5.78. The van der Waals surface area contributed by atoms with E-state index in [0.29, 0.717) is 17.9 Å². The molecule has 2 fully saturated rings.